The Labute approximate surface area is 118 Å². The number of methoxy groups -OCH3 is 1. The molecule has 0 aliphatic rings. The SMILES string of the molecule is CCCC(C)(NC(=O)c1sccc1CC)C(=O)OC. The molecule has 0 saturated carbocycles. The second kappa shape index (κ2) is 6.70. The van der Waals surface area contributed by atoms with E-state index < -0.39 is 11.5 Å². The van der Waals surface area contributed by atoms with Crippen molar-refractivity contribution in [3.8, 4) is 0 Å². The molecule has 19 heavy (non-hydrogen) atoms. The van der Waals surface area contributed by atoms with Crippen molar-refractivity contribution in [2.24, 2.45) is 0 Å². The number of hydrogen-bond acceptors (Lipinski definition) is 4. The molecule has 1 rings (SSSR count). The van der Waals surface area contributed by atoms with Gasteiger partial charge in [-0.25, -0.2) is 4.79 Å². The van der Waals surface area contributed by atoms with Crippen LogP contribution < -0.4 is 5.32 Å². The van der Waals surface area contributed by atoms with Gasteiger partial charge in [0.1, 0.15) is 5.54 Å². The molecule has 1 unspecified atom stereocenters. The summed E-state index contributed by atoms with van der Waals surface area (Å²) < 4.78 is 4.79. The smallest absolute Gasteiger partial charge is 0.331 e. The summed E-state index contributed by atoms with van der Waals surface area (Å²) >= 11 is 1.40. The molecule has 5 heteroatoms. The molecule has 0 bridgehead atoms. The Morgan fingerprint density at radius 1 is 1.42 bits per heavy atom. The van der Waals surface area contributed by atoms with E-state index in [0.29, 0.717) is 11.3 Å². The maximum Gasteiger partial charge on any atom is 0.331 e. The summed E-state index contributed by atoms with van der Waals surface area (Å²) in [6, 6.07) is 1.94. The minimum absolute atomic E-state index is 0.201. The second-order valence-electron chi connectivity index (χ2n) is 4.66. The van der Waals surface area contributed by atoms with Crippen molar-refractivity contribution in [1.82, 2.24) is 5.32 Å². The average Bonchev–Trinajstić information content (AvgIpc) is 2.86. The first-order valence-corrected chi connectivity index (χ1v) is 7.33. The first-order valence-electron chi connectivity index (χ1n) is 6.45. The van der Waals surface area contributed by atoms with Crippen molar-refractivity contribution in [2.75, 3.05) is 7.11 Å². The number of carbonyl (C=O) groups is 2. The van der Waals surface area contributed by atoms with Crippen molar-refractivity contribution in [3.63, 3.8) is 0 Å². The maximum absolute atomic E-state index is 12.3. The number of esters is 1. The zero-order chi connectivity index (χ0) is 14.5. The molecule has 0 aromatic carbocycles. The van der Waals surface area contributed by atoms with Gasteiger partial charge in [-0.1, -0.05) is 20.3 Å². The van der Waals surface area contributed by atoms with Crippen LogP contribution in [0.25, 0.3) is 0 Å². The van der Waals surface area contributed by atoms with Crippen LogP contribution in [0.4, 0.5) is 0 Å². The Kier molecular flexibility index (Phi) is 5.54. The van der Waals surface area contributed by atoms with Gasteiger partial charge in [0.2, 0.25) is 0 Å². The zero-order valence-electron chi connectivity index (χ0n) is 11.9. The van der Waals surface area contributed by atoms with E-state index in [1.54, 1.807) is 6.92 Å². The molecule has 0 aliphatic carbocycles. The molecule has 1 aromatic rings. The van der Waals surface area contributed by atoms with Crippen molar-refractivity contribution in [2.45, 2.75) is 45.6 Å². The molecule has 106 valence electrons. The van der Waals surface area contributed by atoms with Crippen molar-refractivity contribution in [3.05, 3.63) is 21.9 Å². The fraction of sp³-hybridized carbons (Fsp3) is 0.571. The van der Waals surface area contributed by atoms with Crippen LogP contribution in [0, 0.1) is 0 Å². The summed E-state index contributed by atoms with van der Waals surface area (Å²) in [5, 5.41) is 4.71. The largest absolute Gasteiger partial charge is 0.467 e. The molecule has 1 aromatic heterocycles. The monoisotopic (exact) mass is 283 g/mol. The van der Waals surface area contributed by atoms with Gasteiger partial charge >= 0.3 is 5.97 Å². The van der Waals surface area contributed by atoms with Gasteiger partial charge < -0.3 is 10.1 Å². The summed E-state index contributed by atoms with van der Waals surface area (Å²) in [5.74, 6) is -0.606. The molecule has 0 radical (unpaired) electrons. The molecule has 1 heterocycles. The van der Waals surface area contributed by atoms with E-state index in [4.69, 9.17) is 4.74 Å². The lowest BCUT2D eigenvalue weighted by Crippen LogP contribution is -2.52. The van der Waals surface area contributed by atoms with Crippen LogP contribution in [-0.4, -0.2) is 24.5 Å². The number of carbonyl (C=O) groups excluding carboxylic acids is 2. The van der Waals surface area contributed by atoms with Gasteiger partial charge in [0.05, 0.1) is 12.0 Å². The lowest BCUT2D eigenvalue weighted by atomic mass is 9.96. The van der Waals surface area contributed by atoms with E-state index in [1.807, 2.05) is 25.3 Å². The number of amides is 1. The normalized spacial score (nSPS) is 13.7. The Morgan fingerprint density at radius 3 is 2.63 bits per heavy atom. The third-order valence-electron chi connectivity index (χ3n) is 3.11. The lowest BCUT2D eigenvalue weighted by molar-refractivity contribution is -0.147. The second-order valence-corrected chi connectivity index (χ2v) is 5.57. The predicted molar refractivity (Wildman–Crippen MR) is 76.5 cm³/mol. The van der Waals surface area contributed by atoms with E-state index in [-0.39, 0.29) is 5.91 Å². The molecule has 1 atom stereocenters. The van der Waals surface area contributed by atoms with Crippen LogP contribution in [0.5, 0.6) is 0 Å². The molecule has 0 aliphatic heterocycles. The number of rotatable bonds is 6. The van der Waals surface area contributed by atoms with Gasteiger partial charge in [0, 0.05) is 0 Å². The Hall–Kier alpha value is -1.36. The van der Waals surface area contributed by atoms with Crippen LogP contribution in [0.3, 0.4) is 0 Å². The quantitative estimate of drug-likeness (QED) is 0.817. The summed E-state index contributed by atoms with van der Waals surface area (Å²) in [6.45, 7) is 5.68. The lowest BCUT2D eigenvalue weighted by Gasteiger charge is -2.27. The minimum atomic E-state index is -0.963. The summed E-state index contributed by atoms with van der Waals surface area (Å²) in [6.07, 6.45) is 2.14. The fourth-order valence-corrected chi connectivity index (χ4v) is 2.95. The van der Waals surface area contributed by atoms with Crippen LogP contribution in [0.15, 0.2) is 11.4 Å². The highest BCUT2D eigenvalue weighted by Gasteiger charge is 2.35. The number of ether oxygens (including phenoxy) is 1. The van der Waals surface area contributed by atoms with E-state index >= 15 is 0 Å². The van der Waals surface area contributed by atoms with Crippen molar-refractivity contribution >= 4 is 23.2 Å². The fourth-order valence-electron chi connectivity index (χ4n) is 2.06. The number of nitrogens with one attached hydrogen (secondary N) is 1. The summed E-state index contributed by atoms with van der Waals surface area (Å²) in [5.41, 5.74) is 0.0430. The zero-order valence-corrected chi connectivity index (χ0v) is 12.7. The molecule has 1 amide bonds. The Balaban J connectivity index is 2.91. The molecular formula is C14H21NO3S. The number of thiophene rings is 1. The van der Waals surface area contributed by atoms with Gasteiger partial charge in [-0.05, 0) is 36.8 Å². The van der Waals surface area contributed by atoms with Crippen molar-refractivity contribution < 1.29 is 14.3 Å². The third kappa shape index (κ3) is 3.56. The predicted octanol–water partition coefficient (Wildman–Crippen LogP) is 2.77. The molecular weight excluding hydrogens is 262 g/mol. The summed E-state index contributed by atoms with van der Waals surface area (Å²) in [4.78, 5) is 24.8. The number of hydrogen-bond donors (Lipinski definition) is 1. The highest BCUT2D eigenvalue weighted by molar-refractivity contribution is 7.12. The number of aryl methyl sites for hydroxylation is 1. The van der Waals surface area contributed by atoms with Gasteiger partial charge in [0.15, 0.2) is 0 Å². The van der Waals surface area contributed by atoms with Crippen LogP contribution in [-0.2, 0) is 16.0 Å². The Bertz CT molecular complexity index is 455. The molecule has 0 spiro atoms. The average molecular weight is 283 g/mol. The van der Waals surface area contributed by atoms with Crippen LogP contribution >= 0.6 is 11.3 Å². The Morgan fingerprint density at radius 2 is 2.11 bits per heavy atom. The molecule has 0 fully saturated rings. The summed E-state index contributed by atoms with van der Waals surface area (Å²) in [7, 11) is 1.34. The highest BCUT2D eigenvalue weighted by Crippen LogP contribution is 2.20. The van der Waals surface area contributed by atoms with Crippen LogP contribution in [0.1, 0.15) is 48.8 Å². The topological polar surface area (TPSA) is 55.4 Å². The van der Waals surface area contributed by atoms with E-state index in [2.05, 4.69) is 5.32 Å². The third-order valence-corrected chi connectivity index (χ3v) is 4.06. The van der Waals surface area contributed by atoms with Crippen LogP contribution in [0.2, 0.25) is 0 Å². The van der Waals surface area contributed by atoms with E-state index in [1.165, 1.54) is 18.4 Å². The molecule has 4 nitrogen and oxygen atoms in total. The first kappa shape index (κ1) is 15.7. The van der Waals surface area contributed by atoms with Gasteiger partial charge in [-0.3, -0.25) is 4.79 Å². The van der Waals surface area contributed by atoms with Crippen molar-refractivity contribution in [1.29, 1.82) is 0 Å². The highest BCUT2D eigenvalue weighted by atomic mass is 32.1. The standard InChI is InChI=1S/C14H21NO3S/c1-5-8-14(3,13(17)18-4)15-12(16)11-10(6-2)7-9-19-11/h7,9H,5-6,8H2,1-4H3,(H,15,16). The molecule has 0 saturated heterocycles. The first-order chi connectivity index (χ1) is 8.98. The maximum atomic E-state index is 12.3. The minimum Gasteiger partial charge on any atom is -0.467 e. The van der Waals surface area contributed by atoms with Gasteiger partial charge in [-0.2, -0.15) is 0 Å². The molecule has 1 N–H and O–H groups in total. The van der Waals surface area contributed by atoms with Gasteiger partial charge in [0.25, 0.3) is 5.91 Å². The van der Waals surface area contributed by atoms with E-state index in [0.717, 1.165) is 18.4 Å². The van der Waals surface area contributed by atoms with E-state index in [9.17, 15) is 9.59 Å². The van der Waals surface area contributed by atoms with Gasteiger partial charge in [-0.15, -0.1) is 11.3 Å².